The summed E-state index contributed by atoms with van der Waals surface area (Å²) in [5, 5.41) is 3.54. The summed E-state index contributed by atoms with van der Waals surface area (Å²) in [6.45, 7) is 3.05. The van der Waals surface area contributed by atoms with Gasteiger partial charge in [0.05, 0.1) is 12.3 Å². The second-order valence-electron chi connectivity index (χ2n) is 5.69. The molecule has 3 rings (SSSR count). The average molecular weight is 370 g/mol. The molecule has 0 saturated heterocycles. The van der Waals surface area contributed by atoms with E-state index in [-0.39, 0.29) is 5.91 Å². The third-order valence-corrected chi connectivity index (χ3v) is 4.03. The summed E-state index contributed by atoms with van der Waals surface area (Å²) in [6.07, 6.45) is 7.80. The second kappa shape index (κ2) is 8.54. The summed E-state index contributed by atoms with van der Waals surface area (Å²) in [6, 6.07) is 11.1. The number of benzene rings is 1. The molecule has 0 bridgehead atoms. The number of ether oxygens (including phenoxy) is 1. The van der Waals surface area contributed by atoms with Gasteiger partial charge in [0.25, 0.3) is 0 Å². The predicted octanol–water partition coefficient (Wildman–Crippen LogP) is 3.76. The molecule has 0 aliphatic heterocycles. The van der Waals surface area contributed by atoms with Crippen molar-refractivity contribution in [3.8, 4) is 5.75 Å². The normalized spacial score (nSPS) is 11.2. The third kappa shape index (κ3) is 4.64. The standard InChI is InChI=1S/C20H20ClN3O2/c1-2-26-18-4-3-13-24-14-17(23-20(18)24)11-12-22-19(25)10-7-15-5-8-16(21)9-6-15/h3-10,13-14H,2,11-12H2,1H3,(H,22,25)/b10-7+. The number of carbonyl (C=O) groups is 1. The maximum atomic E-state index is 11.9. The van der Waals surface area contributed by atoms with Crippen molar-refractivity contribution in [3.05, 3.63) is 71.1 Å². The van der Waals surface area contributed by atoms with Crippen molar-refractivity contribution >= 4 is 29.2 Å². The van der Waals surface area contributed by atoms with Crippen molar-refractivity contribution in [1.82, 2.24) is 14.7 Å². The number of imidazole rings is 1. The summed E-state index contributed by atoms with van der Waals surface area (Å²) in [4.78, 5) is 16.5. The molecule has 0 spiro atoms. The summed E-state index contributed by atoms with van der Waals surface area (Å²) >= 11 is 5.84. The van der Waals surface area contributed by atoms with Gasteiger partial charge in [-0.05, 0) is 42.8 Å². The van der Waals surface area contributed by atoms with E-state index >= 15 is 0 Å². The Morgan fingerprint density at radius 1 is 1.31 bits per heavy atom. The number of amides is 1. The summed E-state index contributed by atoms with van der Waals surface area (Å²) < 4.78 is 7.52. The quantitative estimate of drug-likeness (QED) is 0.645. The molecule has 3 aromatic rings. The van der Waals surface area contributed by atoms with Crippen LogP contribution in [0.2, 0.25) is 5.02 Å². The van der Waals surface area contributed by atoms with Crippen LogP contribution in [0.15, 0.2) is 54.9 Å². The number of aromatic nitrogens is 2. The lowest BCUT2D eigenvalue weighted by Gasteiger charge is -2.03. The Balaban J connectivity index is 1.54. The van der Waals surface area contributed by atoms with E-state index in [1.165, 1.54) is 6.08 Å². The van der Waals surface area contributed by atoms with Crippen LogP contribution in [0, 0.1) is 0 Å². The Kier molecular flexibility index (Phi) is 5.92. The van der Waals surface area contributed by atoms with Gasteiger partial charge in [-0.15, -0.1) is 0 Å². The van der Waals surface area contributed by atoms with Gasteiger partial charge in [-0.2, -0.15) is 0 Å². The molecule has 1 amide bonds. The van der Waals surface area contributed by atoms with E-state index in [0.29, 0.717) is 24.6 Å². The highest BCUT2D eigenvalue weighted by molar-refractivity contribution is 6.30. The summed E-state index contributed by atoms with van der Waals surface area (Å²) in [5.74, 6) is 0.620. The fourth-order valence-electron chi connectivity index (χ4n) is 2.55. The van der Waals surface area contributed by atoms with Crippen molar-refractivity contribution in [2.45, 2.75) is 13.3 Å². The van der Waals surface area contributed by atoms with E-state index < -0.39 is 0 Å². The van der Waals surface area contributed by atoms with Gasteiger partial charge in [0, 0.05) is 36.5 Å². The molecule has 0 radical (unpaired) electrons. The molecule has 134 valence electrons. The van der Waals surface area contributed by atoms with Gasteiger partial charge in [0.15, 0.2) is 11.4 Å². The molecule has 0 aliphatic rings. The van der Waals surface area contributed by atoms with E-state index in [1.807, 2.05) is 48.0 Å². The van der Waals surface area contributed by atoms with Gasteiger partial charge in [-0.1, -0.05) is 23.7 Å². The summed E-state index contributed by atoms with van der Waals surface area (Å²) in [5.41, 5.74) is 2.62. The Morgan fingerprint density at radius 2 is 2.12 bits per heavy atom. The first-order valence-electron chi connectivity index (χ1n) is 8.46. The fraction of sp³-hybridized carbons (Fsp3) is 0.200. The smallest absolute Gasteiger partial charge is 0.244 e. The molecule has 5 nitrogen and oxygen atoms in total. The molecule has 6 heteroatoms. The Hall–Kier alpha value is -2.79. The fourth-order valence-corrected chi connectivity index (χ4v) is 2.67. The minimum atomic E-state index is -0.140. The maximum Gasteiger partial charge on any atom is 0.244 e. The van der Waals surface area contributed by atoms with Crippen LogP contribution < -0.4 is 10.1 Å². The van der Waals surface area contributed by atoms with Crippen LogP contribution in [-0.4, -0.2) is 28.4 Å². The highest BCUT2D eigenvalue weighted by Crippen LogP contribution is 2.19. The first-order chi connectivity index (χ1) is 12.7. The van der Waals surface area contributed by atoms with Gasteiger partial charge < -0.3 is 14.5 Å². The first-order valence-corrected chi connectivity index (χ1v) is 8.84. The maximum absolute atomic E-state index is 11.9. The van der Waals surface area contributed by atoms with Crippen LogP contribution in [0.1, 0.15) is 18.2 Å². The Labute approximate surface area is 157 Å². The molecule has 2 heterocycles. The van der Waals surface area contributed by atoms with Crippen molar-refractivity contribution in [1.29, 1.82) is 0 Å². The monoisotopic (exact) mass is 369 g/mol. The summed E-state index contributed by atoms with van der Waals surface area (Å²) in [7, 11) is 0. The number of rotatable bonds is 7. The zero-order valence-corrected chi connectivity index (χ0v) is 15.2. The number of halogens is 1. The highest BCUT2D eigenvalue weighted by atomic mass is 35.5. The molecule has 0 unspecified atom stereocenters. The number of nitrogens with zero attached hydrogens (tertiary/aromatic N) is 2. The molecule has 0 atom stereocenters. The molecule has 0 aliphatic carbocycles. The molecule has 1 N–H and O–H groups in total. The highest BCUT2D eigenvalue weighted by Gasteiger charge is 2.07. The predicted molar refractivity (Wildman–Crippen MR) is 104 cm³/mol. The van der Waals surface area contributed by atoms with Crippen molar-refractivity contribution in [2.75, 3.05) is 13.2 Å². The van der Waals surface area contributed by atoms with Crippen LogP contribution >= 0.6 is 11.6 Å². The first kappa shape index (κ1) is 18.0. The van der Waals surface area contributed by atoms with Crippen molar-refractivity contribution < 1.29 is 9.53 Å². The molecule has 0 saturated carbocycles. The van der Waals surface area contributed by atoms with Crippen molar-refractivity contribution in [3.63, 3.8) is 0 Å². The lowest BCUT2D eigenvalue weighted by atomic mass is 10.2. The molecule has 2 aromatic heterocycles. The average Bonchev–Trinajstić information content (AvgIpc) is 3.05. The molecule has 0 fully saturated rings. The number of hydrogen-bond donors (Lipinski definition) is 1. The van der Waals surface area contributed by atoms with E-state index in [0.717, 1.165) is 22.7 Å². The third-order valence-electron chi connectivity index (χ3n) is 3.77. The largest absolute Gasteiger partial charge is 0.490 e. The van der Waals surface area contributed by atoms with E-state index in [1.54, 1.807) is 18.2 Å². The number of carbonyl (C=O) groups excluding carboxylic acids is 1. The van der Waals surface area contributed by atoms with Gasteiger partial charge in [0.2, 0.25) is 5.91 Å². The van der Waals surface area contributed by atoms with Crippen LogP contribution in [0.4, 0.5) is 0 Å². The van der Waals surface area contributed by atoms with Crippen LogP contribution in [0.25, 0.3) is 11.7 Å². The molecule has 1 aromatic carbocycles. The number of nitrogens with one attached hydrogen (secondary N) is 1. The molecule has 26 heavy (non-hydrogen) atoms. The van der Waals surface area contributed by atoms with Gasteiger partial charge in [-0.25, -0.2) is 4.98 Å². The van der Waals surface area contributed by atoms with Gasteiger partial charge >= 0.3 is 0 Å². The van der Waals surface area contributed by atoms with E-state index in [2.05, 4.69) is 10.3 Å². The zero-order valence-electron chi connectivity index (χ0n) is 14.5. The van der Waals surface area contributed by atoms with E-state index in [9.17, 15) is 4.79 Å². The SMILES string of the molecule is CCOc1cccn2cc(CCNC(=O)/C=C/c3ccc(Cl)cc3)nc12. The number of fused-ring (bicyclic) bond motifs is 1. The zero-order chi connectivity index (χ0) is 18.4. The topological polar surface area (TPSA) is 55.6 Å². The van der Waals surface area contributed by atoms with E-state index in [4.69, 9.17) is 16.3 Å². The number of pyridine rings is 1. The Morgan fingerprint density at radius 3 is 2.88 bits per heavy atom. The van der Waals surface area contributed by atoms with Crippen molar-refractivity contribution in [2.24, 2.45) is 0 Å². The minimum absolute atomic E-state index is 0.140. The van der Waals surface area contributed by atoms with Crippen LogP contribution in [0.3, 0.4) is 0 Å². The Bertz CT molecular complexity index is 916. The second-order valence-corrected chi connectivity index (χ2v) is 6.13. The lowest BCUT2D eigenvalue weighted by Crippen LogP contribution is -2.23. The lowest BCUT2D eigenvalue weighted by molar-refractivity contribution is -0.116. The minimum Gasteiger partial charge on any atom is -0.490 e. The van der Waals surface area contributed by atoms with Crippen LogP contribution in [0.5, 0.6) is 5.75 Å². The van der Waals surface area contributed by atoms with Gasteiger partial charge in [-0.3, -0.25) is 4.79 Å². The molecular formula is C20H20ClN3O2. The van der Waals surface area contributed by atoms with Gasteiger partial charge in [0.1, 0.15) is 0 Å². The molecular weight excluding hydrogens is 350 g/mol. The number of hydrogen-bond acceptors (Lipinski definition) is 3. The van der Waals surface area contributed by atoms with Crippen LogP contribution in [-0.2, 0) is 11.2 Å².